The number of esters is 1. The number of nitro benzene ring substituents is 1. The summed E-state index contributed by atoms with van der Waals surface area (Å²) in [7, 11) is 0. The van der Waals surface area contributed by atoms with E-state index in [0.29, 0.717) is 17.7 Å². The zero-order valence-corrected chi connectivity index (χ0v) is 9.93. The van der Waals surface area contributed by atoms with Gasteiger partial charge in [0.15, 0.2) is 0 Å². The van der Waals surface area contributed by atoms with Gasteiger partial charge in [0.25, 0.3) is 5.69 Å². The van der Waals surface area contributed by atoms with Gasteiger partial charge in [-0.25, -0.2) is 4.79 Å². The van der Waals surface area contributed by atoms with Crippen molar-refractivity contribution in [1.82, 2.24) is 0 Å². The zero-order chi connectivity index (χ0) is 12.8. The number of aryl methyl sites for hydroxylation is 1. The van der Waals surface area contributed by atoms with Crippen molar-refractivity contribution in [2.45, 2.75) is 26.7 Å². The molecule has 0 saturated heterocycles. The van der Waals surface area contributed by atoms with Gasteiger partial charge in [-0.05, 0) is 25.0 Å². The molecule has 0 atom stereocenters. The summed E-state index contributed by atoms with van der Waals surface area (Å²) in [4.78, 5) is 21.7. The molecule has 0 bridgehead atoms. The second-order valence-electron chi connectivity index (χ2n) is 3.75. The van der Waals surface area contributed by atoms with E-state index in [9.17, 15) is 14.9 Å². The molecule has 5 nitrogen and oxygen atoms in total. The molecule has 1 aromatic rings. The molecule has 92 valence electrons. The van der Waals surface area contributed by atoms with E-state index in [2.05, 4.69) is 0 Å². The predicted molar refractivity (Wildman–Crippen MR) is 63.0 cm³/mol. The molecule has 0 N–H and O–H groups in total. The lowest BCUT2D eigenvalue weighted by atomic mass is 10.1. The summed E-state index contributed by atoms with van der Waals surface area (Å²) in [6, 6.07) is 4.11. The molecule has 0 aromatic heterocycles. The van der Waals surface area contributed by atoms with Crippen LogP contribution in [0.15, 0.2) is 18.2 Å². The number of hydrogen-bond acceptors (Lipinski definition) is 4. The SMILES string of the molecule is CCCCOC(=O)c1ccc([N+](=O)[O-])cc1C. The number of ether oxygens (including phenoxy) is 1. The quantitative estimate of drug-likeness (QED) is 0.341. The largest absolute Gasteiger partial charge is 0.462 e. The minimum Gasteiger partial charge on any atom is -0.462 e. The van der Waals surface area contributed by atoms with Gasteiger partial charge < -0.3 is 4.74 Å². The minimum atomic E-state index is -0.487. The number of non-ortho nitro benzene ring substituents is 1. The van der Waals surface area contributed by atoms with Crippen LogP contribution < -0.4 is 0 Å². The van der Waals surface area contributed by atoms with Crippen LogP contribution in [0, 0.1) is 17.0 Å². The average molecular weight is 237 g/mol. The third kappa shape index (κ3) is 3.55. The van der Waals surface area contributed by atoms with E-state index in [4.69, 9.17) is 4.74 Å². The summed E-state index contributed by atoms with van der Waals surface area (Å²) >= 11 is 0. The predicted octanol–water partition coefficient (Wildman–Crippen LogP) is 2.86. The van der Waals surface area contributed by atoms with Crippen molar-refractivity contribution in [3.63, 3.8) is 0 Å². The number of unbranched alkanes of at least 4 members (excludes halogenated alkanes) is 1. The van der Waals surface area contributed by atoms with Gasteiger partial charge in [-0.1, -0.05) is 13.3 Å². The Morgan fingerprint density at radius 3 is 2.71 bits per heavy atom. The average Bonchev–Trinajstić information content (AvgIpc) is 2.28. The third-order valence-corrected chi connectivity index (χ3v) is 2.37. The van der Waals surface area contributed by atoms with Crippen LogP contribution in [-0.2, 0) is 4.74 Å². The van der Waals surface area contributed by atoms with Gasteiger partial charge in [-0.15, -0.1) is 0 Å². The topological polar surface area (TPSA) is 69.4 Å². The Kier molecular flexibility index (Phi) is 4.63. The van der Waals surface area contributed by atoms with Gasteiger partial charge in [0, 0.05) is 12.1 Å². The van der Waals surface area contributed by atoms with Gasteiger partial charge in [0.1, 0.15) is 0 Å². The highest BCUT2D eigenvalue weighted by Crippen LogP contribution is 2.17. The number of carbonyl (C=O) groups excluding carboxylic acids is 1. The first-order valence-electron chi connectivity index (χ1n) is 5.48. The molecule has 0 aliphatic heterocycles. The molecular weight excluding hydrogens is 222 g/mol. The fraction of sp³-hybridized carbons (Fsp3) is 0.417. The Morgan fingerprint density at radius 1 is 1.47 bits per heavy atom. The molecule has 0 aliphatic carbocycles. The van der Waals surface area contributed by atoms with Crippen LogP contribution in [-0.4, -0.2) is 17.5 Å². The molecule has 0 heterocycles. The molecule has 1 aromatic carbocycles. The fourth-order valence-electron chi connectivity index (χ4n) is 1.38. The molecule has 0 radical (unpaired) electrons. The van der Waals surface area contributed by atoms with E-state index in [1.807, 2.05) is 6.92 Å². The summed E-state index contributed by atoms with van der Waals surface area (Å²) in [5.74, 6) is -0.425. The van der Waals surface area contributed by atoms with Crippen molar-refractivity contribution in [2.24, 2.45) is 0 Å². The lowest BCUT2D eigenvalue weighted by molar-refractivity contribution is -0.384. The minimum absolute atomic E-state index is 0.0207. The highest BCUT2D eigenvalue weighted by Gasteiger charge is 2.14. The van der Waals surface area contributed by atoms with Crippen molar-refractivity contribution in [2.75, 3.05) is 6.61 Å². The monoisotopic (exact) mass is 237 g/mol. The van der Waals surface area contributed by atoms with Gasteiger partial charge in [0.2, 0.25) is 0 Å². The van der Waals surface area contributed by atoms with Crippen molar-refractivity contribution in [3.05, 3.63) is 39.4 Å². The van der Waals surface area contributed by atoms with Crippen LogP contribution in [0.3, 0.4) is 0 Å². The van der Waals surface area contributed by atoms with Crippen LogP contribution in [0.1, 0.15) is 35.7 Å². The van der Waals surface area contributed by atoms with Gasteiger partial charge in [-0.3, -0.25) is 10.1 Å². The zero-order valence-electron chi connectivity index (χ0n) is 9.93. The highest BCUT2D eigenvalue weighted by molar-refractivity contribution is 5.91. The van der Waals surface area contributed by atoms with E-state index in [0.717, 1.165) is 12.8 Å². The standard InChI is InChI=1S/C12H15NO4/c1-3-4-7-17-12(14)11-6-5-10(13(15)16)8-9(11)2/h5-6,8H,3-4,7H2,1-2H3. The van der Waals surface area contributed by atoms with Gasteiger partial charge in [0.05, 0.1) is 17.1 Å². The summed E-state index contributed by atoms with van der Waals surface area (Å²) < 4.78 is 5.04. The van der Waals surface area contributed by atoms with Crippen molar-refractivity contribution in [3.8, 4) is 0 Å². The van der Waals surface area contributed by atoms with Gasteiger partial charge in [-0.2, -0.15) is 0 Å². The molecule has 0 unspecified atom stereocenters. The molecule has 0 saturated carbocycles. The summed E-state index contributed by atoms with van der Waals surface area (Å²) in [6.07, 6.45) is 1.77. The van der Waals surface area contributed by atoms with E-state index >= 15 is 0 Å². The first-order valence-corrected chi connectivity index (χ1v) is 5.48. The molecule has 0 aliphatic rings. The van der Waals surface area contributed by atoms with Crippen molar-refractivity contribution in [1.29, 1.82) is 0 Å². The summed E-state index contributed by atoms with van der Waals surface area (Å²) in [6.45, 7) is 4.04. The first-order chi connectivity index (χ1) is 8.06. The van der Waals surface area contributed by atoms with Crippen LogP contribution in [0.25, 0.3) is 0 Å². The highest BCUT2D eigenvalue weighted by atomic mass is 16.6. The second kappa shape index (κ2) is 5.98. The van der Waals surface area contributed by atoms with Crippen LogP contribution in [0.5, 0.6) is 0 Å². The summed E-state index contributed by atoms with van der Waals surface area (Å²) in [5, 5.41) is 10.5. The summed E-state index contributed by atoms with van der Waals surface area (Å²) in [5.41, 5.74) is 0.917. The smallest absolute Gasteiger partial charge is 0.338 e. The van der Waals surface area contributed by atoms with E-state index in [-0.39, 0.29) is 5.69 Å². The van der Waals surface area contributed by atoms with E-state index in [1.54, 1.807) is 6.92 Å². The Bertz CT molecular complexity index is 429. The van der Waals surface area contributed by atoms with E-state index < -0.39 is 10.9 Å². The van der Waals surface area contributed by atoms with Crippen LogP contribution in [0.4, 0.5) is 5.69 Å². The van der Waals surface area contributed by atoms with Crippen LogP contribution >= 0.6 is 0 Å². The normalized spacial score (nSPS) is 10.0. The maximum Gasteiger partial charge on any atom is 0.338 e. The maximum atomic E-state index is 11.6. The fourth-order valence-corrected chi connectivity index (χ4v) is 1.38. The van der Waals surface area contributed by atoms with Gasteiger partial charge >= 0.3 is 5.97 Å². The third-order valence-electron chi connectivity index (χ3n) is 2.37. The van der Waals surface area contributed by atoms with Crippen LogP contribution in [0.2, 0.25) is 0 Å². The molecular formula is C12H15NO4. The number of nitro groups is 1. The Balaban J connectivity index is 2.78. The lowest BCUT2D eigenvalue weighted by Crippen LogP contribution is -2.08. The molecule has 0 fully saturated rings. The molecule has 0 spiro atoms. The number of rotatable bonds is 5. The number of carbonyl (C=O) groups is 1. The first kappa shape index (κ1) is 13.2. The Hall–Kier alpha value is -1.91. The molecule has 0 amide bonds. The number of nitrogens with zero attached hydrogens (tertiary/aromatic N) is 1. The Labute approximate surface area is 99.5 Å². The molecule has 1 rings (SSSR count). The van der Waals surface area contributed by atoms with E-state index in [1.165, 1.54) is 18.2 Å². The number of benzene rings is 1. The van der Waals surface area contributed by atoms with Crippen molar-refractivity contribution < 1.29 is 14.5 Å². The second-order valence-corrected chi connectivity index (χ2v) is 3.75. The maximum absolute atomic E-state index is 11.6. The molecule has 5 heteroatoms. The lowest BCUT2D eigenvalue weighted by Gasteiger charge is -2.06. The Morgan fingerprint density at radius 2 is 2.18 bits per heavy atom. The van der Waals surface area contributed by atoms with Crippen molar-refractivity contribution >= 4 is 11.7 Å². The number of hydrogen-bond donors (Lipinski definition) is 0. The molecule has 17 heavy (non-hydrogen) atoms.